The van der Waals surface area contributed by atoms with Gasteiger partial charge in [0.25, 0.3) is 0 Å². The van der Waals surface area contributed by atoms with Gasteiger partial charge in [0.05, 0.1) is 12.6 Å². The Bertz CT molecular complexity index is 486. The summed E-state index contributed by atoms with van der Waals surface area (Å²) in [5.74, 6) is 0.269. The van der Waals surface area contributed by atoms with Crippen LogP contribution in [0.4, 0.5) is 0 Å². The number of carbonyl (C=O) groups excluding carboxylic acids is 1. The molecule has 0 aliphatic carbocycles. The van der Waals surface area contributed by atoms with E-state index in [4.69, 9.17) is 4.74 Å². The molecule has 17 heavy (non-hydrogen) atoms. The molecule has 1 aromatic carbocycles. The number of ether oxygens (including phenoxy) is 1. The monoisotopic (exact) mass is 227 g/mol. The minimum absolute atomic E-state index is 0.0502. The van der Waals surface area contributed by atoms with E-state index >= 15 is 0 Å². The third kappa shape index (κ3) is 2.91. The summed E-state index contributed by atoms with van der Waals surface area (Å²) >= 11 is 0. The van der Waals surface area contributed by atoms with Gasteiger partial charge in [-0.1, -0.05) is 36.9 Å². The third-order valence-corrected chi connectivity index (χ3v) is 2.44. The van der Waals surface area contributed by atoms with Crippen LogP contribution in [-0.2, 0) is 16.1 Å². The van der Waals surface area contributed by atoms with Gasteiger partial charge < -0.3 is 4.74 Å². The molecule has 86 valence electrons. The van der Waals surface area contributed by atoms with E-state index in [2.05, 4.69) is 11.6 Å². The second-order valence-electron chi connectivity index (χ2n) is 3.69. The van der Waals surface area contributed by atoms with Crippen molar-refractivity contribution in [2.45, 2.75) is 13.0 Å². The van der Waals surface area contributed by atoms with E-state index in [1.54, 1.807) is 6.08 Å². The zero-order valence-corrected chi connectivity index (χ0v) is 9.43. The molecule has 3 heteroatoms. The van der Waals surface area contributed by atoms with Gasteiger partial charge in [-0.3, -0.25) is 9.79 Å². The average molecular weight is 227 g/mol. The molecule has 0 amide bonds. The molecular weight excluding hydrogens is 214 g/mol. The lowest BCUT2D eigenvalue weighted by Crippen LogP contribution is -2.14. The lowest BCUT2D eigenvalue weighted by Gasteiger charge is -2.12. The summed E-state index contributed by atoms with van der Waals surface area (Å²) in [5, 5.41) is 0. The average Bonchev–Trinajstić information content (AvgIpc) is 2.38. The molecule has 0 saturated carbocycles. The van der Waals surface area contributed by atoms with Gasteiger partial charge in [0.15, 0.2) is 5.76 Å². The van der Waals surface area contributed by atoms with E-state index in [9.17, 15) is 4.79 Å². The minimum atomic E-state index is -0.0502. The van der Waals surface area contributed by atoms with Crippen molar-refractivity contribution in [1.29, 1.82) is 0 Å². The van der Waals surface area contributed by atoms with Crippen molar-refractivity contribution in [3.8, 4) is 0 Å². The Hall–Kier alpha value is -2.16. The van der Waals surface area contributed by atoms with Crippen molar-refractivity contribution in [2.75, 3.05) is 0 Å². The highest BCUT2D eigenvalue weighted by Crippen LogP contribution is 2.13. The third-order valence-electron chi connectivity index (χ3n) is 2.44. The molecule has 1 aromatic rings. The molecule has 0 aromatic heterocycles. The Balaban J connectivity index is 2.00. The highest BCUT2D eigenvalue weighted by molar-refractivity contribution is 6.14. The first-order chi connectivity index (χ1) is 8.29. The number of Topliss-reactive ketones (excluding diaryl/α,β-unsaturated/α-hetero) is 1. The smallest absolute Gasteiger partial charge is 0.204 e. The number of rotatable bonds is 4. The standard InChI is InChI=1S/C14H13NO2/c1-2-12-8-13(16)14(9-15-12)17-10-11-6-4-3-5-7-11/h2-7,9H,1,8,10H2. The molecule has 0 fully saturated rings. The zero-order valence-electron chi connectivity index (χ0n) is 9.43. The zero-order chi connectivity index (χ0) is 12.1. The lowest BCUT2D eigenvalue weighted by molar-refractivity contribution is -0.118. The van der Waals surface area contributed by atoms with Crippen LogP contribution in [0.25, 0.3) is 0 Å². The topological polar surface area (TPSA) is 38.7 Å². The van der Waals surface area contributed by atoms with Crippen molar-refractivity contribution in [1.82, 2.24) is 0 Å². The number of ketones is 1. The summed E-state index contributed by atoms with van der Waals surface area (Å²) in [5.41, 5.74) is 1.71. The van der Waals surface area contributed by atoms with Crippen molar-refractivity contribution in [2.24, 2.45) is 4.99 Å². The van der Waals surface area contributed by atoms with Crippen molar-refractivity contribution >= 4 is 11.5 Å². The van der Waals surface area contributed by atoms with Gasteiger partial charge in [-0.15, -0.1) is 0 Å². The van der Waals surface area contributed by atoms with Crippen LogP contribution in [0.1, 0.15) is 12.0 Å². The van der Waals surface area contributed by atoms with Gasteiger partial charge in [0, 0.05) is 5.71 Å². The fourth-order valence-electron chi connectivity index (χ4n) is 1.49. The Morgan fingerprint density at radius 3 is 2.76 bits per heavy atom. The maximum absolute atomic E-state index is 11.7. The quantitative estimate of drug-likeness (QED) is 0.793. The molecule has 3 nitrogen and oxygen atoms in total. The molecule has 2 rings (SSSR count). The van der Waals surface area contributed by atoms with E-state index in [0.29, 0.717) is 18.1 Å². The van der Waals surface area contributed by atoms with Crippen LogP contribution in [0.5, 0.6) is 0 Å². The molecular formula is C14H13NO2. The van der Waals surface area contributed by atoms with E-state index < -0.39 is 0 Å². The first-order valence-electron chi connectivity index (χ1n) is 5.39. The number of allylic oxidation sites excluding steroid dienone is 2. The first-order valence-corrected chi connectivity index (χ1v) is 5.39. The second-order valence-corrected chi connectivity index (χ2v) is 3.69. The summed E-state index contributed by atoms with van der Waals surface area (Å²) in [6.07, 6.45) is 3.32. The summed E-state index contributed by atoms with van der Waals surface area (Å²) in [4.78, 5) is 15.7. The molecule has 0 unspecified atom stereocenters. The van der Waals surface area contributed by atoms with Crippen molar-refractivity contribution in [3.63, 3.8) is 0 Å². The number of hydrogen-bond acceptors (Lipinski definition) is 3. The Morgan fingerprint density at radius 1 is 1.35 bits per heavy atom. The first kappa shape index (κ1) is 11.3. The lowest BCUT2D eigenvalue weighted by atomic mass is 10.1. The van der Waals surface area contributed by atoms with Crippen LogP contribution in [-0.4, -0.2) is 11.5 Å². The highest BCUT2D eigenvalue weighted by atomic mass is 16.5. The summed E-state index contributed by atoms with van der Waals surface area (Å²) in [6.45, 7) is 3.97. The highest BCUT2D eigenvalue weighted by Gasteiger charge is 2.16. The minimum Gasteiger partial charge on any atom is -0.484 e. The predicted molar refractivity (Wildman–Crippen MR) is 66.6 cm³/mol. The molecule has 1 aliphatic rings. The molecule has 0 saturated heterocycles. The van der Waals surface area contributed by atoms with Crippen molar-refractivity contribution < 1.29 is 9.53 Å². The van der Waals surface area contributed by atoms with Crippen LogP contribution >= 0.6 is 0 Å². The van der Waals surface area contributed by atoms with Gasteiger partial charge in [0.1, 0.15) is 6.61 Å². The molecule has 1 aliphatic heterocycles. The SMILES string of the molecule is C=CC1=NC=C(OCc2ccccc2)C(=O)C1. The van der Waals surface area contributed by atoms with Gasteiger partial charge in [-0.05, 0) is 11.6 Å². The van der Waals surface area contributed by atoms with Gasteiger partial charge in [-0.2, -0.15) is 0 Å². The van der Waals surface area contributed by atoms with Crippen LogP contribution in [0.3, 0.4) is 0 Å². The van der Waals surface area contributed by atoms with E-state index in [1.165, 1.54) is 6.20 Å². The fourth-order valence-corrected chi connectivity index (χ4v) is 1.49. The molecule has 0 spiro atoms. The Labute approximate surface area is 100 Å². The summed E-state index contributed by atoms with van der Waals surface area (Å²) < 4.78 is 5.44. The maximum atomic E-state index is 11.7. The van der Waals surface area contributed by atoms with Crippen molar-refractivity contribution in [3.05, 3.63) is 60.5 Å². The molecule has 0 atom stereocenters. The van der Waals surface area contributed by atoms with Gasteiger partial charge >= 0.3 is 0 Å². The number of aliphatic imine (C=N–C) groups is 1. The maximum Gasteiger partial charge on any atom is 0.204 e. The normalized spacial score (nSPS) is 14.9. The van der Waals surface area contributed by atoms with Crippen LogP contribution < -0.4 is 0 Å². The number of carbonyl (C=O) groups is 1. The van der Waals surface area contributed by atoms with Crippen LogP contribution in [0.2, 0.25) is 0 Å². The van der Waals surface area contributed by atoms with Gasteiger partial charge in [0.2, 0.25) is 5.78 Å². The largest absolute Gasteiger partial charge is 0.484 e. The van der Waals surface area contributed by atoms with E-state index in [0.717, 1.165) is 5.56 Å². The molecule has 0 bridgehead atoms. The van der Waals surface area contributed by atoms with Crippen LogP contribution in [0, 0.1) is 0 Å². The van der Waals surface area contributed by atoms with E-state index in [-0.39, 0.29) is 12.2 Å². The number of nitrogens with zero attached hydrogens (tertiary/aromatic N) is 1. The van der Waals surface area contributed by atoms with Crippen LogP contribution in [0.15, 0.2) is 59.9 Å². The second kappa shape index (κ2) is 5.25. The van der Waals surface area contributed by atoms with Gasteiger partial charge in [-0.25, -0.2) is 0 Å². The molecule has 0 radical (unpaired) electrons. The fraction of sp³-hybridized carbons (Fsp3) is 0.143. The Morgan fingerprint density at radius 2 is 2.12 bits per heavy atom. The Kier molecular flexibility index (Phi) is 3.50. The molecule has 0 N–H and O–H groups in total. The summed E-state index contributed by atoms with van der Waals surface area (Å²) in [6, 6.07) is 9.71. The predicted octanol–water partition coefficient (Wildman–Crippen LogP) is 2.64. The number of benzene rings is 1. The molecule has 1 heterocycles. The summed E-state index contributed by atoms with van der Waals surface area (Å²) in [7, 11) is 0. The number of hydrogen-bond donors (Lipinski definition) is 0. The van der Waals surface area contributed by atoms with E-state index in [1.807, 2.05) is 30.3 Å².